The van der Waals surface area contributed by atoms with E-state index in [1.807, 2.05) is 54.6 Å². The Morgan fingerprint density at radius 2 is 1.50 bits per heavy atom. The molecule has 0 radical (unpaired) electrons. The van der Waals surface area contributed by atoms with Crippen LogP contribution in [0.15, 0.2) is 54.6 Å². The van der Waals surface area contributed by atoms with Gasteiger partial charge in [0.25, 0.3) is 0 Å². The number of likely N-dealkylation sites (tertiary alicyclic amines) is 2. The summed E-state index contributed by atoms with van der Waals surface area (Å²) in [4.78, 5) is 29.7. The van der Waals surface area contributed by atoms with Crippen molar-refractivity contribution in [1.82, 2.24) is 15.1 Å². The first-order valence-corrected chi connectivity index (χ1v) is 14.5. The number of ether oxygens (including phenoxy) is 1. The Balaban J connectivity index is 1.06. The zero-order valence-corrected chi connectivity index (χ0v) is 22.7. The standard InChI is InChI=1S/C31H44N4O3/c36-30(32-19-8-2-9-20-34-21-10-3-11-22-34)18-25-35-23-16-27(17-24-35)38-31(37)33-29-15-7-6-14-28(29)26-12-4-1-5-13-26/h1,4-7,12-15,27H,2-3,8-11,16-25H2,(H,32,36)(H,33,37). The van der Waals surface area contributed by atoms with Crippen LogP contribution in [-0.2, 0) is 9.53 Å². The summed E-state index contributed by atoms with van der Waals surface area (Å²) in [7, 11) is 0. The molecule has 7 heteroatoms. The van der Waals surface area contributed by atoms with Crippen LogP contribution in [0, 0.1) is 0 Å². The first kappa shape index (κ1) is 28.1. The minimum Gasteiger partial charge on any atom is -0.446 e. The number of unbranched alkanes of at least 4 members (excludes halogenated alkanes) is 2. The molecule has 0 saturated carbocycles. The molecule has 4 rings (SSSR count). The molecule has 38 heavy (non-hydrogen) atoms. The predicted molar refractivity (Wildman–Crippen MR) is 153 cm³/mol. The van der Waals surface area contributed by atoms with Gasteiger partial charge in [0.2, 0.25) is 5.91 Å². The summed E-state index contributed by atoms with van der Waals surface area (Å²) in [5.41, 5.74) is 2.76. The third kappa shape index (κ3) is 9.44. The van der Waals surface area contributed by atoms with Gasteiger partial charge in [-0.05, 0) is 69.8 Å². The maximum absolute atomic E-state index is 12.6. The number of para-hydroxylation sites is 1. The number of carbonyl (C=O) groups excluding carboxylic acids is 2. The van der Waals surface area contributed by atoms with Crippen LogP contribution in [-0.4, -0.2) is 73.7 Å². The quantitative estimate of drug-likeness (QED) is 0.360. The van der Waals surface area contributed by atoms with Crippen LogP contribution < -0.4 is 10.6 Å². The Bertz CT molecular complexity index is 986. The number of rotatable bonds is 12. The molecule has 0 spiro atoms. The van der Waals surface area contributed by atoms with Gasteiger partial charge in [-0.1, -0.05) is 61.4 Å². The van der Waals surface area contributed by atoms with Gasteiger partial charge < -0.3 is 19.9 Å². The summed E-state index contributed by atoms with van der Waals surface area (Å²) in [6, 6.07) is 17.8. The predicted octanol–water partition coefficient (Wildman–Crippen LogP) is 5.53. The van der Waals surface area contributed by atoms with Gasteiger partial charge in [-0.2, -0.15) is 0 Å². The largest absolute Gasteiger partial charge is 0.446 e. The molecule has 2 aliphatic heterocycles. The van der Waals surface area contributed by atoms with E-state index in [2.05, 4.69) is 20.4 Å². The van der Waals surface area contributed by atoms with E-state index >= 15 is 0 Å². The zero-order chi connectivity index (χ0) is 26.4. The van der Waals surface area contributed by atoms with Crippen molar-refractivity contribution in [1.29, 1.82) is 0 Å². The van der Waals surface area contributed by atoms with E-state index in [0.29, 0.717) is 6.42 Å². The number of carbonyl (C=O) groups is 2. The molecule has 0 atom stereocenters. The molecular weight excluding hydrogens is 476 g/mol. The molecular formula is C31H44N4O3. The molecule has 2 aliphatic rings. The lowest BCUT2D eigenvalue weighted by Crippen LogP contribution is -2.40. The molecule has 206 valence electrons. The highest BCUT2D eigenvalue weighted by molar-refractivity contribution is 5.91. The Morgan fingerprint density at radius 1 is 0.789 bits per heavy atom. The second-order valence-corrected chi connectivity index (χ2v) is 10.5. The van der Waals surface area contributed by atoms with Crippen molar-refractivity contribution < 1.29 is 14.3 Å². The average molecular weight is 521 g/mol. The highest BCUT2D eigenvalue weighted by Gasteiger charge is 2.23. The molecule has 2 amide bonds. The highest BCUT2D eigenvalue weighted by atomic mass is 16.6. The van der Waals surface area contributed by atoms with E-state index in [-0.39, 0.29) is 12.0 Å². The van der Waals surface area contributed by atoms with Crippen LogP contribution in [0.2, 0.25) is 0 Å². The van der Waals surface area contributed by atoms with Gasteiger partial charge in [0.1, 0.15) is 6.10 Å². The van der Waals surface area contributed by atoms with Gasteiger partial charge >= 0.3 is 6.09 Å². The molecule has 0 bridgehead atoms. The number of anilines is 1. The van der Waals surface area contributed by atoms with Crippen molar-refractivity contribution in [3.63, 3.8) is 0 Å². The van der Waals surface area contributed by atoms with Crippen molar-refractivity contribution in [2.75, 3.05) is 51.1 Å². The molecule has 7 nitrogen and oxygen atoms in total. The second-order valence-electron chi connectivity index (χ2n) is 10.5. The first-order valence-electron chi connectivity index (χ1n) is 14.5. The van der Waals surface area contributed by atoms with Crippen LogP contribution in [0.1, 0.15) is 57.8 Å². The summed E-state index contributed by atoms with van der Waals surface area (Å²) < 4.78 is 5.72. The molecule has 0 unspecified atom stereocenters. The summed E-state index contributed by atoms with van der Waals surface area (Å²) >= 11 is 0. The SMILES string of the molecule is O=C(CCN1CCC(OC(=O)Nc2ccccc2-c2ccccc2)CC1)NCCCCCN1CCCCC1. The van der Waals surface area contributed by atoms with Crippen LogP contribution in [0.25, 0.3) is 11.1 Å². The number of nitrogens with zero attached hydrogens (tertiary/aromatic N) is 2. The molecule has 0 aliphatic carbocycles. The van der Waals surface area contributed by atoms with Crippen LogP contribution in [0.5, 0.6) is 0 Å². The van der Waals surface area contributed by atoms with Crippen molar-refractivity contribution in [2.24, 2.45) is 0 Å². The van der Waals surface area contributed by atoms with E-state index in [1.54, 1.807) is 0 Å². The van der Waals surface area contributed by atoms with Crippen LogP contribution >= 0.6 is 0 Å². The summed E-state index contributed by atoms with van der Waals surface area (Å²) in [5.74, 6) is 0.135. The third-order valence-corrected chi connectivity index (χ3v) is 7.63. The minimum absolute atomic E-state index is 0.103. The van der Waals surface area contributed by atoms with Gasteiger partial charge in [-0.25, -0.2) is 4.79 Å². The zero-order valence-electron chi connectivity index (χ0n) is 22.7. The van der Waals surface area contributed by atoms with E-state index in [9.17, 15) is 9.59 Å². The Kier molecular flexibility index (Phi) is 11.5. The van der Waals surface area contributed by atoms with Gasteiger partial charge in [0.15, 0.2) is 0 Å². The van der Waals surface area contributed by atoms with Gasteiger partial charge in [0, 0.05) is 38.2 Å². The van der Waals surface area contributed by atoms with Crippen LogP contribution in [0.3, 0.4) is 0 Å². The lowest BCUT2D eigenvalue weighted by atomic mass is 10.0. The molecule has 2 aromatic carbocycles. The summed E-state index contributed by atoms with van der Waals surface area (Å²) in [6.45, 7) is 6.93. The lowest BCUT2D eigenvalue weighted by Gasteiger charge is -2.31. The summed E-state index contributed by atoms with van der Waals surface area (Å²) in [6.07, 6.45) is 9.11. The van der Waals surface area contributed by atoms with Crippen LogP contribution in [0.4, 0.5) is 10.5 Å². The number of hydrogen-bond acceptors (Lipinski definition) is 5. The van der Waals surface area contributed by atoms with Crippen molar-refractivity contribution in [3.8, 4) is 11.1 Å². The van der Waals surface area contributed by atoms with E-state index in [1.165, 1.54) is 51.7 Å². The normalized spacial score (nSPS) is 17.2. The van der Waals surface area contributed by atoms with E-state index < -0.39 is 6.09 Å². The number of benzene rings is 2. The number of amides is 2. The fourth-order valence-electron chi connectivity index (χ4n) is 5.40. The third-order valence-electron chi connectivity index (χ3n) is 7.63. The molecule has 0 aromatic heterocycles. The average Bonchev–Trinajstić information content (AvgIpc) is 2.96. The first-order chi connectivity index (χ1) is 18.7. The van der Waals surface area contributed by atoms with Gasteiger partial charge in [0.05, 0.1) is 5.69 Å². The number of nitrogens with one attached hydrogen (secondary N) is 2. The highest BCUT2D eigenvalue weighted by Crippen LogP contribution is 2.28. The van der Waals surface area contributed by atoms with E-state index in [4.69, 9.17) is 4.74 Å². The summed E-state index contributed by atoms with van der Waals surface area (Å²) in [5, 5.41) is 6.00. The van der Waals surface area contributed by atoms with Gasteiger partial charge in [-0.15, -0.1) is 0 Å². The fourth-order valence-corrected chi connectivity index (χ4v) is 5.40. The Morgan fingerprint density at radius 3 is 2.29 bits per heavy atom. The maximum atomic E-state index is 12.6. The van der Waals surface area contributed by atoms with E-state index in [0.717, 1.165) is 62.3 Å². The maximum Gasteiger partial charge on any atom is 0.411 e. The minimum atomic E-state index is -0.415. The van der Waals surface area contributed by atoms with Crippen molar-refractivity contribution >= 4 is 17.7 Å². The molecule has 2 aromatic rings. The monoisotopic (exact) mass is 520 g/mol. The number of hydrogen-bond donors (Lipinski definition) is 2. The second kappa shape index (κ2) is 15.5. The topological polar surface area (TPSA) is 73.9 Å². The van der Waals surface area contributed by atoms with Gasteiger partial charge in [-0.3, -0.25) is 10.1 Å². The van der Waals surface area contributed by atoms with Crippen molar-refractivity contribution in [3.05, 3.63) is 54.6 Å². The smallest absolute Gasteiger partial charge is 0.411 e. The Labute approximate surface area is 227 Å². The molecule has 2 saturated heterocycles. The molecule has 2 fully saturated rings. The molecule has 2 heterocycles. The number of piperidine rings is 2. The lowest BCUT2D eigenvalue weighted by molar-refractivity contribution is -0.121. The van der Waals surface area contributed by atoms with Crippen molar-refractivity contribution in [2.45, 2.75) is 63.9 Å². The fraction of sp³-hybridized carbons (Fsp3) is 0.548. The molecule has 2 N–H and O–H groups in total. The Hall–Kier alpha value is -2.90.